The van der Waals surface area contributed by atoms with Crippen molar-refractivity contribution >= 4 is 5.69 Å². The van der Waals surface area contributed by atoms with Crippen LogP contribution in [0.3, 0.4) is 0 Å². The second kappa shape index (κ2) is 5.00. The molecular formula is C13H18F2N2. The highest BCUT2D eigenvalue weighted by atomic mass is 19.2. The van der Waals surface area contributed by atoms with Gasteiger partial charge in [0.1, 0.15) is 0 Å². The molecule has 2 rings (SSSR count). The summed E-state index contributed by atoms with van der Waals surface area (Å²) >= 11 is 0. The van der Waals surface area contributed by atoms with Crippen LogP contribution in [-0.2, 0) is 6.54 Å². The van der Waals surface area contributed by atoms with Crippen LogP contribution in [0.5, 0.6) is 0 Å². The lowest BCUT2D eigenvalue weighted by Gasteiger charge is -2.26. The summed E-state index contributed by atoms with van der Waals surface area (Å²) in [6.45, 7) is 2.91. The Balaban J connectivity index is 2.36. The molecular weight excluding hydrogens is 222 g/mol. The van der Waals surface area contributed by atoms with E-state index in [1.807, 2.05) is 4.90 Å². The van der Waals surface area contributed by atoms with Gasteiger partial charge in [-0.3, -0.25) is 0 Å². The number of nitrogens with zero attached hydrogens (tertiary/aromatic N) is 1. The van der Waals surface area contributed by atoms with E-state index < -0.39 is 11.6 Å². The van der Waals surface area contributed by atoms with Crippen molar-refractivity contribution < 1.29 is 8.78 Å². The van der Waals surface area contributed by atoms with Crippen LogP contribution in [-0.4, -0.2) is 12.6 Å². The summed E-state index contributed by atoms with van der Waals surface area (Å²) in [5.41, 5.74) is 5.97. The molecule has 1 atom stereocenters. The van der Waals surface area contributed by atoms with Gasteiger partial charge in [-0.05, 0) is 25.3 Å². The van der Waals surface area contributed by atoms with E-state index >= 15 is 0 Å². The Hall–Kier alpha value is -1.16. The topological polar surface area (TPSA) is 29.3 Å². The lowest BCUT2D eigenvalue weighted by molar-refractivity contribution is 0.494. The molecule has 1 aliphatic heterocycles. The fourth-order valence-corrected chi connectivity index (χ4v) is 2.54. The summed E-state index contributed by atoms with van der Waals surface area (Å²) < 4.78 is 27.6. The fraction of sp³-hybridized carbons (Fsp3) is 0.538. The van der Waals surface area contributed by atoms with E-state index in [0.717, 1.165) is 25.8 Å². The van der Waals surface area contributed by atoms with Crippen molar-refractivity contribution in [2.75, 3.05) is 11.4 Å². The van der Waals surface area contributed by atoms with Gasteiger partial charge in [-0.25, -0.2) is 8.78 Å². The molecule has 1 saturated heterocycles. The third-order valence-electron chi connectivity index (χ3n) is 3.52. The second-order valence-electron chi connectivity index (χ2n) is 4.47. The molecule has 0 aliphatic carbocycles. The summed E-state index contributed by atoms with van der Waals surface area (Å²) in [7, 11) is 0. The van der Waals surface area contributed by atoms with Crippen molar-refractivity contribution in [3.8, 4) is 0 Å². The van der Waals surface area contributed by atoms with E-state index in [4.69, 9.17) is 5.73 Å². The zero-order chi connectivity index (χ0) is 12.4. The summed E-state index contributed by atoms with van der Waals surface area (Å²) in [5, 5.41) is 0. The van der Waals surface area contributed by atoms with Crippen LogP contribution in [0.15, 0.2) is 12.1 Å². The Morgan fingerprint density at radius 1 is 1.35 bits per heavy atom. The fourth-order valence-electron chi connectivity index (χ4n) is 2.54. The summed E-state index contributed by atoms with van der Waals surface area (Å²) in [6.07, 6.45) is 3.05. The van der Waals surface area contributed by atoms with E-state index in [1.165, 1.54) is 0 Å². The van der Waals surface area contributed by atoms with Gasteiger partial charge in [0, 0.05) is 24.7 Å². The van der Waals surface area contributed by atoms with Crippen LogP contribution in [0.25, 0.3) is 0 Å². The second-order valence-corrected chi connectivity index (χ2v) is 4.47. The molecule has 0 spiro atoms. The van der Waals surface area contributed by atoms with Crippen molar-refractivity contribution in [3.05, 3.63) is 29.3 Å². The van der Waals surface area contributed by atoms with Crippen LogP contribution < -0.4 is 10.6 Å². The maximum Gasteiger partial charge on any atom is 0.182 e. The number of anilines is 1. The molecule has 1 aromatic rings. The van der Waals surface area contributed by atoms with E-state index in [-0.39, 0.29) is 12.1 Å². The highest BCUT2D eigenvalue weighted by Crippen LogP contribution is 2.31. The first-order chi connectivity index (χ1) is 8.19. The zero-order valence-electron chi connectivity index (χ0n) is 10.0. The number of hydrogen-bond acceptors (Lipinski definition) is 2. The number of benzene rings is 1. The number of rotatable bonds is 3. The predicted octanol–water partition coefficient (Wildman–Crippen LogP) is 2.80. The Morgan fingerprint density at radius 2 is 2.12 bits per heavy atom. The SMILES string of the molecule is CCC1CCCN1c1ccc(CN)c(F)c1F. The zero-order valence-corrected chi connectivity index (χ0v) is 10.0. The Kier molecular flexibility index (Phi) is 3.62. The van der Waals surface area contributed by atoms with Gasteiger partial charge >= 0.3 is 0 Å². The van der Waals surface area contributed by atoms with Crippen LogP contribution in [0.2, 0.25) is 0 Å². The molecule has 0 amide bonds. The average molecular weight is 240 g/mol. The minimum Gasteiger partial charge on any atom is -0.366 e. The van der Waals surface area contributed by atoms with Gasteiger partial charge < -0.3 is 10.6 Å². The Bertz CT molecular complexity index is 407. The molecule has 0 saturated carbocycles. The van der Waals surface area contributed by atoms with Crippen molar-refractivity contribution in [1.29, 1.82) is 0 Å². The van der Waals surface area contributed by atoms with E-state index in [2.05, 4.69) is 6.92 Å². The third-order valence-corrected chi connectivity index (χ3v) is 3.52. The van der Waals surface area contributed by atoms with Gasteiger partial charge in [-0.2, -0.15) is 0 Å². The van der Waals surface area contributed by atoms with E-state index in [1.54, 1.807) is 12.1 Å². The van der Waals surface area contributed by atoms with Gasteiger partial charge in [0.2, 0.25) is 0 Å². The number of halogens is 2. The molecule has 1 aliphatic rings. The first kappa shape index (κ1) is 12.3. The summed E-state index contributed by atoms with van der Waals surface area (Å²) in [5.74, 6) is -1.56. The molecule has 1 heterocycles. The molecule has 0 radical (unpaired) electrons. The summed E-state index contributed by atoms with van der Waals surface area (Å²) in [4.78, 5) is 1.97. The smallest absolute Gasteiger partial charge is 0.182 e. The monoisotopic (exact) mass is 240 g/mol. The molecule has 2 N–H and O–H groups in total. The molecule has 94 valence electrons. The minimum absolute atomic E-state index is 0.0280. The van der Waals surface area contributed by atoms with Gasteiger partial charge in [0.15, 0.2) is 11.6 Å². The quantitative estimate of drug-likeness (QED) is 0.880. The van der Waals surface area contributed by atoms with Crippen LogP contribution in [0.4, 0.5) is 14.5 Å². The third kappa shape index (κ3) is 2.14. The van der Waals surface area contributed by atoms with Crippen LogP contribution >= 0.6 is 0 Å². The highest BCUT2D eigenvalue weighted by molar-refractivity contribution is 5.51. The van der Waals surface area contributed by atoms with Crippen LogP contribution in [0.1, 0.15) is 31.7 Å². The van der Waals surface area contributed by atoms with Gasteiger partial charge in [-0.15, -0.1) is 0 Å². The molecule has 4 heteroatoms. The maximum absolute atomic E-state index is 13.9. The van der Waals surface area contributed by atoms with Crippen molar-refractivity contribution in [3.63, 3.8) is 0 Å². The van der Waals surface area contributed by atoms with Crippen LogP contribution in [0, 0.1) is 11.6 Å². The molecule has 17 heavy (non-hydrogen) atoms. The van der Waals surface area contributed by atoms with Gasteiger partial charge in [0.25, 0.3) is 0 Å². The normalized spacial score (nSPS) is 20.0. The van der Waals surface area contributed by atoms with Gasteiger partial charge in [0.05, 0.1) is 5.69 Å². The standard InChI is InChI=1S/C13H18F2N2/c1-2-10-4-3-7-17(10)11-6-5-9(8-16)12(14)13(11)15/h5-6,10H,2-4,7-8,16H2,1H3. The summed E-state index contributed by atoms with van der Waals surface area (Å²) in [6, 6.07) is 3.56. The van der Waals surface area contributed by atoms with E-state index in [0.29, 0.717) is 11.7 Å². The average Bonchev–Trinajstić information content (AvgIpc) is 2.80. The maximum atomic E-state index is 13.9. The predicted molar refractivity (Wildman–Crippen MR) is 64.9 cm³/mol. The van der Waals surface area contributed by atoms with Gasteiger partial charge in [-0.1, -0.05) is 13.0 Å². The first-order valence-corrected chi connectivity index (χ1v) is 6.12. The largest absolute Gasteiger partial charge is 0.366 e. The minimum atomic E-state index is -0.799. The first-order valence-electron chi connectivity index (χ1n) is 6.12. The van der Waals surface area contributed by atoms with E-state index in [9.17, 15) is 8.78 Å². The Morgan fingerprint density at radius 3 is 2.76 bits per heavy atom. The molecule has 1 fully saturated rings. The lowest BCUT2D eigenvalue weighted by atomic mass is 10.1. The Labute approximate surface area is 100 Å². The molecule has 1 unspecified atom stereocenters. The molecule has 0 aromatic heterocycles. The number of nitrogens with two attached hydrogens (primary N) is 1. The molecule has 1 aromatic carbocycles. The van der Waals surface area contributed by atoms with Crippen molar-refractivity contribution in [2.45, 2.75) is 38.8 Å². The molecule has 0 bridgehead atoms. The highest BCUT2D eigenvalue weighted by Gasteiger charge is 2.26. The number of hydrogen-bond donors (Lipinski definition) is 1. The van der Waals surface area contributed by atoms with Crippen molar-refractivity contribution in [2.24, 2.45) is 5.73 Å². The molecule has 2 nitrogen and oxygen atoms in total. The lowest BCUT2D eigenvalue weighted by Crippen LogP contribution is -2.29. The van der Waals surface area contributed by atoms with Crippen molar-refractivity contribution in [1.82, 2.24) is 0 Å².